The number of nitrogens with one attached hydrogen (secondary N) is 1. The molecule has 2 aromatic carbocycles. The van der Waals surface area contributed by atoms with Crippen LogP contribution in [-0.2, 0) is 13.1 Å². The maximum atomic E-state index is 5.76. The van der Waals surface area contributed by atoms with Crippen molar-refractivity contribution in [2.75, 3.05) is 6.61 Å². The van der Waals surface area contributed by atoms with Gasteiger partial charge in [-0.2, -0.15) is 0 Å². The molecule has 106 valence electrons. The smallest absolute Gasteiger partial charge is 0.123 e. The van der Waals surface area contributed by atoms with Gasteiger partial charge in [-0.15, -0.1) is 0 Å². The van der Waals surface area contributed by atoms with E-state index in [0.717, 1.165) is 31.9 Å². The topological polar surface area (TPSA) is 21.3 Å². The fraction of sp³-hybridized carbons (Fsp3) is 0.333. The van der Waals surface area contributed by atoms with E-state index in [1.54, 1.807) is 0 Å². The van der Waals surface area contributed by atoms with Crippen molar-refractivity contribution in [2.24, 2.45) is 0 Å². The zero-order valence-electron chi connectivity index (χ0n) is 12.4. The summed E-state index contributed by atoms with van der Waals surface area (Å²) >= 11 is 0. The highest BCUT2D eigenvalue weighted by molar-refractivity contribution is 5.33. The van der Waals surface area contributed by atoms with E-state index in [0.29, 0.717) is 0 Å². The summed E-state index contributed by atoms with van der Waals surface area (Å²) in [6.07, 6.45) is 1.03. The van der Waals surface area contributed by atoms with Gasteiger partial charge in [-0.1, -0.05) is 55.0 Å². The van der Waals surface area contributed by atoms with Crippen LogP contribution < -0.4 is 10.1 Å². The van der Waals surface area contributed by atoms with Gasteiger partial charge in [0.05, 0.1) is 6.61 Å². The minimum absolute atomic E-state index is 0.773. The summed E-state index contributed by atoms with van der Waals surface area (Å²) in [6, 6.07) is 16.9. The van der Waals surface area contributed by atoms with E-state index in [9.17, 15) is 0 Å². The molecule has 20 heavy (non-hydrogen) atoms. The summed E-state index contributed by atoms with van der Waals surface area (Å²) in [5.74, 6) is 0.991. The van der Waals surface area contributed by atoms with Crippen LogP contribution in [-0.4, -0.2) is 6.61 Å². The highest BCUT2D eigenvalue weighted by Crippen LogP contribution is 2.18. The summed E-state index contributed by atoms with van der Waals surface area (Å²) in [5, 5.41) is 3.47. The molecule has 0 unspecified atom stereocenters. The predicted molar refractivity (Wildman–Crippen MR) is 84.0 cm³/mol. The van der Waals surface area contributed by atoms with Gasteiger partial charge in [0.2, 0.25) is 0 Å². The van der Waals surface area contributed by atoms with E-state index in [-0.39, 0.29) is 0 Å². The molecule has 0 atom stereocenters. The molecule has 2 rings (SSSR count). The average Bonchev–Trinajstić information content (AvgIpc) is 2.48. The first kappa shape index (κ1) is 14.6. The molecule has 1 N–H and O–H groups in total. The third-order valence-electron chi connectivity index (χ3n) is 3.20. The Morgan fingerprint density at radius 2 is 1.70 bits per heavy atom. The highest BCUT2D eigenvalue weighted by atomic mass is 16.5. The molecule has 0 aliphatic heterocycles. The highest BCUT2D eigenvalue weighted by Gasteiger charge is 2.02. The van der Waals surface area contributed by atoms with Crippen LogP contribution in [0.3, 0.4) is 0 Å². The summed E-state index contributed by atoms with van der Waals surface area (Å²) in [7, 11) is 0. The van der Waals surface area contributed by atoms with Crippen molar-refractivity contribution in [2.45, 2.75) is 33.4 Å². The molecule has 0 bridgehead atoms. The minimum atomic E-state index is 0.773. The SMILES string of the molecule is CCCOc1ccccc1CNCc1ccc(C)cc1. The molecular weight excluding hydrogens is 246 g/mol. The first-order chi connectivity index (χ1) is 9.79. The normalized spacial score (nSPS) is 10.5. The van der Waals surface area contributed by atoms with Crippen molar-refractivity contribution in [3.63, 3.8) is 0 Å². The first-order valence-electron chi connectivity index (χ1n) is 7.26. The van der Waals surface area contributed by atoms with Gasteiger partial charge in [-0.05, 0) is 25.0 Å². The third kappa shape index (κ3) is 4.39. The zero-order valence-corrected chi connectivity index (χ0v) is 12.4. The van der Waals surface area contributed by atoms with Crippen molar-refractivity contribution in [1.82, 2.24) is 5.32 Å². The van der Waals surface area contributed by atoms with Gasteiger partial charge in [0.1, 0.15) is 5.75 Å². The molecular formula is C18H23NO. The Bertz CT molecular complexity index is 519. The van der Waals surface area contributed by atoms with E-state index in [4.69, 9.17) is 4.74 Å². The van der Waals surface area contributed by atoms with Crippen molar-refractivity contribution in [1.29, 1.82) is 0 Å². The summed E-state index contributed by atoms with van der Waals surface area (Å²) in [6.45, 7) is 6.71. The second-order valence-electron chi connectivity index (χ2n) is 5.05. The number of aryl methyl sites for hydroxylation is 1. The fourth-order valence-corrected chi connectivity index (χ4v) is 2.05. The van der Waals surface area contributed by atoms with Gasteiger partial charge in [-0.25, -0.2) is 0 Å². The maximum Gasteiger partial charge on any atom is 0.123 e. The van der Waals surface area contributed by atoms with Gasteiger partial charge in [0.25, 0.3) is 0 Å². The zero-order chi connectivity index (χ0) is 14.2. The van der Waals surface area contributed by atoms with Gasteiger partial charge < -0.3 is 10.1 Å². The van der Waals surface area contributed by atoms with Crippen LogP contribution in [0, 0.1) is 6.92 Å². The van der Waals surface area contributed by atoms with E-state index in [1.165, 1.54) is 16.7 Å². The lowest BCUT2D eigenvalue weighted by molar-refractivity contribution is 0.313. The van der Waals surface area contributed by atoms with Crippen molar-refractivity contribution < 1.29 is 4.74 Å². The molecule has 0 fully saturated rings. The summed E-state index contributed by atoms with van der Waals surface area (Å²) in [5.41, 5.74) is 3.82. The molecule has 0 amide bonds. The summed E-state index contributed by atoms with van der Waals surface area (Å²) in [4.78, 5) is 0. The van der Waals surface area contributed by atoms with Crippen LogP contribution in [0.15, 0.2) is 48.5 Å². The number of hydrogen-bond donors (Lipinski definition) is 1. The minimum Gasteiger partial charge on any atom is -0.493 e. The molecule has 2 nitrogen and oxygen atoms in total. The Kier molecular flexibility index (Phi) is 5.63. The molecule has 0 saturated heterocycles. The number of rotatable bonds is 7. The van der Waals surface area contributed by atoms with Crippen LogP contribution in [0.2, 0.25) is 0 Å². The lowest BCUT2D eigenvalue weighted by atomic mass is 10.1. The second kappa shape index (κ2) is 7.71. The molecule has 0 aliphatic carbocycles. The molecule has 0 spiro atoms. The first-order valence-corrected chi connectivity index (χ1v) is 7.26. The Morgan fingerprint density at radius 3 is 2.45 bits per heavy atom. The number of benzene rings is 2. The molecule has 2 heteroatoms. The predicted octanol–water partition coefficient (Wildman–Crippen LogP) is 4.07. The monoisotopic (exact) mass is 269 g/mol. The van der Waals surface area contributed by atoms with Gasteiger partial charge in [0, 0.05) is 18.7 Å². The van der Waals surface area contributed by atoms with Gasteiger partial charge in [0.15, 0.2) is 0 Å². The molecule has 0 heterocycles. The Morgan fingerprint density at radius 1 is 0.950 bits per heavy atom. The Hall–Kier alpha value is -1.80. The van der Waals surface area contributed by atoms with Gasteiger partial charge in [-0.3, -0.25) is 0 Å². The third-order valence-corrected chi connectivity index (χ3v) is 3.20. The Labute approximate surface area is 121 Å². The van der Waals surface area contributed by atoms with E-state index in [1.807, 2.05) is 12.1 Å². The molecule has 0 aliphatic rings. The molecule has 0 radical (unpaired) electrons. The van der Waals surface area contributed by atoms with Crippen LogP contribution in [0.4, 0.5) is 0 Å². The van der Waals surface area contributed by atoms with E-state index in [2.05, 4.69) is 55.6 Å². The second-order valence-corrected chi connectivity index (χ2v) is 5.05. The number of ether oxygens (including phenoxy) is 1. The number of hydrogen-bond acceptors (Lipinski definition) is 2. The standard InChI is InChI=1S/C18H23NO/c1-3-12-20-18-7-5-4-6-17(18)14-19-13-16-10-8-15(2)9-11-16/h4-11,19H,3,12-14H2,1-2H3. The van der Waals surface area contributed by atoms with Crippen molar-refractivity contribution in [3.8, 4) is 5.75 Å². The molecule has 2 aromatic rings. The van der Waals surface area contributed by atoms with Crippen LogP contribution >= 0.6 is 0 Å². The lowest BCUT2D eigenvalue weighted by Crippen LogP contribution is -2.13. The fourth-order valence-electron chi connectivity index (χ4n) is 2.05. The summed E-state index contributed by atoms with van der Waals surface area (Å²) < 4.78 is 5.76. The van der Waals surface area contributed by atoms with Gasteiger partial charge >= 0.3 is 0 Å². The lowest BCUT2D eigenvalue weighted by Gasteiger charge is -2.11. The van der Waals surface area contributed by atoms with Crippen LogP contribution in [0.25, 0.3) is 0 Å². The largest absolute Gasteiger partial charge is 0.493 e. The average molecular weight is 269 g/mol. The quantitative estimate of drug-likeness (QED) is 0.818. The number of para-hydroxylation sites is 1. The maximum absolute atomic E-state index is 5.76. The van der Waals surface area contributed by atoms with Crippen LogP contribution in [0.5, 0.6) is 5.75 Å². The van der Waals surface area contributed by atoms with E-state index >= 15 is 0 Å². The molecule has 0 saturated carbocycles. The van der Waals surface area contributed by atoms with E-state index < -0.39 is 0 Å². The van der Waals surface area contributed by atoms with Crippen molar-refractivity contribution in [3.05, 3.63) is 65.2 Å². The Balaban J connectivity index is 1.88. The molecule has 0 aromatic heterocycles. The van der Waals surface area contributed by atoms with Crippen molar-refractivity contribution >= 4 is 0 Å². The van der Waals surface area contributed by atoms with Crippen LogP contribution in [0.1, 0.15) is 30.0 Å².